The molecule has 1 atom stereocenters. The Bertz CT molecular complexity index is 1720. The zero-order valence-corrected chi connectivity index (χ0v) is 23.1. The van der Waals surface area contributed by atoms with Crippen molar-refractivity contribution in [1.29, 1.82) is 5.26 Å². The van der Waals surface area contributed by atoms with Crippen molar-refractivity contribution in [3.8, 4) is 28.6 Å². The number of alkyl halides is 3. The number of benzene rings is 2. The van der Waals surface area contributed by atoms with Gasteiger partial charge in [-0.25, -0.2) is 0 Å². The topological polar surface area (TPSA) is 94.2 Å². The van der Waals surface area contributed by atoms with Crippen molar-refractivity contribution in [2.24, 2.45) is 0 Å². The van der Waals surface area contributed by atoms with Crippen LogP contribution in [-0.2, 0) is 12.7 Å². The zero-order chi connectivity index (χ0) is 29.5. The van der Waals surface area contributed by atoms with Crippen LogP contribution < -0.4 is 10.9 Å². The van der Waals surface area contributed by atoms with Gasteiger partial charge in [-0.3, -0.25) is 14.3 Å². The highest BCUT2D eigenvalue weighted by Crippen LogP contribution is 2.35. The van der Waals surface area contributed by atoms with E-state index in [1.165, 1.54) is 6.07 Å². The number of fused-ring (bicyclic) bond motifs is 1. The van der Waals surface area contributed by atoms with E-state index in [2.05, 4.69) is 15.2 Å². The van der Waals surface area contributed by atoms with E-state index in [-0.39, 0.29) is 22.3 Å². The van der Waals surface area contributed by atoms with Crippen LogP contribution in [0.25, 0.3) is 27.7 Å². The van der Waals surface area contributed by atoms with Gasteiger partial charge in [0.2, 0.25) is 0 Å². The third kappa shape index (κ3) is 5.93. The summed E-state index contributed by atoms with van der Waals surface area (Å²) in [5.41, 5.74) is 0.781. The number of phenolic OH excluding ortho intramolecular Hbond substituents is 1. The van der Waals surface area contributed by atoms with Gasteiger partial charge in [0.25, 0.3) is 5.56 Å². The van der Waals surface area contributed by atoms with E-state index >= 15 is 0 Å². The molecule has 212 valence electrons. The summed E-state index contributed by atoms with van der Waals surface area (Å²) in [4.78, 5) is 20.8. The molecule has 0 saturated carbocycles. The highest BCUT2D eigenvalue weighted by Gasteiger charge is 2.32. The fourth-order valence-corrected chi connectivity index (χ4v) is 5.77. The molecule has 0 radical (unpaired) electrons. The second-order valence-electron chi connectivity index (χ2n) is 10.4. The van der Waals surface area contributed by atoms with Gasteiger partial charge in [-0.05, 0) is 80.4 Å². The van der Waals surface area contributed by atoms with Gasteiger partial charge in [-0.15, -0.1) is 0 Å². The predicted molar refractivity (Wildman–Crippen MR) is 151 cm³/mol. The molecule has 0 bridgehead atoms. The van der Waals surface area contributed by atoms with Gasteiger partial charge >= 0.3 is 6.18 Å². The average Bonchev–Trinajstić information content (AvgIpc) is 3.39. The fraction of sp³-hybridized carbons (Fsp3) is 0.300. The number of nitrogens with zero attached hydrogens (tertiary/aromatic N) is 4. The van der Waals surface area contributed by atoms with Crippen LogP contribution in [0.15, 0.2) is 53.5 Å². The minimum Gasteiger partial charge on any atom is -0.508 e. The summed E-state index contributed by atoms with van der Waals surface area (Å²) in [6.07, 6.45) is -1.04. The lowest BCUT2D eigenvalue weighted by Crippen LogP contribution is -2.35. The van der Waals surface area contributed by atoms with Crippen molar-refractivity contribution in [2.45, 2.75) is 38.5 Å². The molecule has 0 amide bonds. The highest BCUT2D eigenvalue weighted by atomic mass is 35.5. The van der Waals surface area contributed by atoms with E-state index in [9.17, 15) is 28.3 Å². The van der Waals surface area contributed by atoms with Gasteiger partial charge in [0.15, 0.2) is 0 Å². The summed E-state index contributed by atoms with van der Waals surface area (Å²) in [7, 11) is 1.94. The number of aromatic nitrogens is 2. The number of phenols is 1. The zero-order valence-electron chi connectivity index (χ0n) is 22.4. The van der Waals surface area contributed by atoms with Crippen LogP contribution in [0.4, 0.5) is 13.2 Å². The van der Waals surface area contributed by atoms with Crippen molar-refractivity contribution < 1.29 is 18.3 Å². The van der Waals surface area contributed by atoms with Crippen LogP contribution in [0.2, 0.25) is 5.02 Å². The molecule has 1 aliphatic heterocycles. The number of hydrogen-bond acceptors (Lipinski definition) is 6. The molecular weight excluding hydrogens is 555 g/mol. The number of rotatable bonds is 6. The van der Waals surface area contributed by atoms with Gasteiger partial charge in [0, 0.05) is 42.0 Å². The Morgan fingerprint density at radius 2 is 2.00 bits per heavy atom. The van der Waals surface area contributed by atoms with Crippen LogP contribution in [0.5, 0.6) is 5.75 Å². The minimum absolute atomic E-state index is 0.169. The quantitative estimate of drug-likeness (QED) is 0.299. The van der Waals surface area contributed by atoms with Crippen molar-refractivity contribution in [3.63, 3.8) is 0 Å². The first-order chi connectivity index (χ1) is 19.4. The Morgan fingerprint density at radius 1 is 1.22 bits per heavy atom. The molecule has 41 heavy (non-hydrogen) atoms. The Hall–Kier alpha value is -3.91. The summed E-state index contributed by atoms with van der Waals surface area (Å²) < 4.78 is 41.7. The standard InChI is InChI=1S/C30H27ClF3N5O2/c1-17-6-18(8-20(31)7-17)25-14-37-27-12-23(13-35)39(22-9-19(30(32,33)34)10-24(40)11-22)29(41)28(27)26(25)16-38(2)15-21-4-3-5-36-21/h6-12,14,21,36,40H,3-5,15-16H2,1-2H3/t21-/m0/s1. The molecule has 3 heterocycles. The molecule has 7 nitrogen and oxygen atoms in total. The third-order valence-corrected chi connectivity index (χ3v) is 7.44. The first kappa shape index (κ1) is 28.6. The van der Waals surface area contributed by atoms with Gasteiger partial charge < -0.3 is 15.3 Å². The first-order valence-corrected chi connectivity index (χ1v) is 13.4. The lowest BCUT2D eigenvalue weighted by atomic mass is 9.96. The van der Waals surface area contributed by atoms with E-state index < -0.39 is 23.0 Å². The number of halogens is 4. The molecule has 0 aliphatic carbocycles. The maximum atomic E-state index is 14.2. The summed E-state index contributed by atoms with van der Waals surface area (Å²) >= 11 is 6.38. The molecule has 4 aromatic rings. The first-order valence-electron chi connectivity index (χ1n) is 13.0. The SMILES string of the molecule is Cc1cc(Cl)cc(-c2cnc3cc(C#N)n(-c4cc(O)cc(C(F)(F)F)c4)c(=O)c3c2CN(C)C[C@@H]2CCCN2)c1. The number of pyridine rings is 2. The number of aromatic hydroxyl groups is 1. The lowest BCUT2D eigenvalue weighted by molar-refractivity contribution is -0.137. The minimum atomic E-state index is -4.78. The molecular formula is C30H27ClF3N5O2. The fourth-order valence-electron chi connectivity index (χ4n) is 5.48. The van der Waals surface area contributed by atoms with E-state index in [1.54, 1.807) is 12.3 Å². The Balaban J connectivity index is 1.78. The van der Waals surface area contributed by atoms with Crippen LogP contribution in [0.3, 0.4) is 0 Å². The Morgan fingerprint density at radius 3 is 2.66 bits per heavy atom. The van der Waals surface area contributed by atoms with Crippen molar-refractivity contribution in [3.05, 3.63) is 86.4 Å². The van der Waals surface area contributed by atoms with Crippen molar-refractivity contribution >= 4 is 22.5 Å². The monoisotopic (exact) mass is 581 g/mol. The van der Waals surface area contributed by atoms with Gasteiger partial charge in [0.1, 0.15) is 17.5 Å². The summed E-state index contributed by atoms with van der Waals surface area (Å²) in [6.45, 7) is 3.87. The maximum absolute atomic E-state index is 14.2. The Labute approximate surface area is 239 Å². The molecule has 0 spiro atoms. The molecule has 1 aliphatic rings. The van der Waals surface area contributed by atoms with E-state index in [0.717, 1.165) is 47.2 Å². The number of likely N-dealkylation sites (N-methyl/N-ethyl adjacent to an activating group) is 1. The average molecular weight is 582 g/mol. The lowest BCUT2D eigenvalue weighted by Gasteiger charge is -2.24. The molecule has 1 fully saturated rings. The summed E-state index contributed by atoms with van der Waals surface area (Å²) in [6, 6.07) is 11.4. The third-order valence-electron chi connectivity index (χ3n) is 7.23. The van der Waals surface area contributed by atoms with Crippen LogP contribution in [0.1, 0.15) is 35.2 Å². The molecule has 5 rings (SSSR count). The van der Waals surface area contributed by atoms with Gasteiger partial charge in [-0.2, -0.15) is 18.4 Å². The van der Waals surface area contributed by atoms with E-state index in [4.69, 9.17) is 11.6 Å². The van der Waals surface area contributed by atoms with Crippen LogP contribution >= 0.6 is 11.6 Å². The van der Waals surface area contributed by atoms with Crippen LogP contribution in [0, 0.1) is 18.3 Å². The predicted octanol–water partition coefficient (Wildman–Crippen LogP) is 5.79. The number of nitriles is 1. The molecule has 2 aromatic carbocycles. The normalized spacial score (nSPS) is 15.5. The van der Waals surface area contributed by atoms with Crippen molar-refractivity contribution in [1.82, 2.24) is 19.8 Å². The van der Waals surface area contributed by atoms with Crippen molar-refractivity contribution in [2.75, 3.05) is 20.1 Å². The number of aryl methyl sites for hydroxylation is 1. The smallest absolute Gasteiger partial charge is 0.416 e. The highest BCUT2D eigenvalue weighted by molar-refractivity contribution is 6.31. The summed E-state index contributed by atoms with van der Waals surface area (Å²) in [5, 5.41) is 24.1. The molecule has 2 N–H and O–H groups in total. The number of nitrogens with one attached hydrogen (secondary N) is 1. The molecule has 0 unspecified atom stereocenters. The van der Waals surface area contributed by atoms with E-state index in [0.29, 0.717) is 41.3 Å². The maximum Gasteiger partial charge on any atom is 0.416 e. The van der Waals surface area contributed by atoms with E-state index in [1.807, 2.05) is 32.2 Å². The van der Waals surface area contributed by atoms with Gasteiger partial charge in [0.05, 0.1) is 22.2 Å². The van der Waals surface area contributed by atoms with Gasteiger partial charge in [-0.1, -0.05) is 17.7 Å². The summed E-state index contributed by atoms with van der Waals surface area (Å²) in [5.74, 6) is -0.684. The number of hydrogen-bond donors (Lipinski definition) is 2. The molecule has 1 saturated heterocycles. The Kier molecular flexibility index (Phi) is 7.79. The second kappa shape index (κ2) is 11.2. The second-order valence-corrected chi connectivity index (χ2v) is 10.9. The molecule has 2 aromatic heterocycles. The molecule has 11 heteroatoms. The largest absolute Gasteiger partial charge is 0.508 e. The van der Waals surface area contributed by atoms with Crippen LogP contribution in [-0.4, -0.2) is 45.7 Å².